The summed E-state index contributed by atoms with van der Waals surface area (Å²) in [5.41, 5.74) is 1.35. The molecule has 21 heavy (non-hydrogen) atoms. The van der Waals surface area contributed by atoms with E-state index in [0.717, 1.165) is 17.7 Å². The van der Waals surface area contributed by atoms with Crippen molar-refractivity contribution >= 4 is 34.0 Å². The van der Waals surface area contributed by atoms with Gasteiger partial charge in [-0.2, -0.15) is 24.5 Å². The maximum Gasteiger partial charge on any atom is 0.416 e. The molecule has 0 aliphatic carbocycles. The Kier molecular flexibility index (Phi) is 3.67. The van der Waals surface area contributed by atoms with E-state index in [2.05, 4.69) is 4.98 Å². The van der Waals surface area contributed by atoms with E-state index in [0.29, 0.717) is 23.4 Å². The van der Waals surface area contributed by atoms with E-state index in [1.165, 1.54) is 6.07 Å². The number of hydrogen-bond donors (Lipinski definition) is 0. The molecule has 0 unspecified atom stereocenters. The summed E-state index contributed by atoms with van der Waals surface area (Å²) in [6.07, 6.45) is -4.37. The number of rotatable bonds is 3. The largest absolute Gasteiger partial charge is 0.416 e. The zero-order chi connectivity index (χ0) is 15.0. The molecule has 0 fully saturated rings. The van der Waals surface area contributed by atoms with E-state index < -0.39 is 11.7 Å². The van der Waals surface area contributed by atoms with Crippen LogP contribution in [0.2, 0.25) is 0 Å². The lowest BCUT2D eigenvalue weighted by molar-refractivity contribution is -0.137. The zero-order valence-corrected chi connectivity index (χ0v) is 12.3. The Labute approximate surface area is 127 Å². The molecular formula is C14H10ClF3N2S. The van der Waals surface area contributed by atoms with Crippen LogP contribution >= 0.6 is 22.9 Å². The molecule has 110 valence electrons. The van der Waals surface area contributed by atoms with E-state index in [1.54, 1.807) is 11.3 Å². The number of hydrogen-bond acceptors (Lipinski definition) is 2. The van der Waals surface area contributed by atoms with Crippen LogP contribution in [0.4, 0.5) is 13.2 Å². The lowest BCUT2D eigenvalue weighted by atomic mass is 10.2. The molecular weight excluding hydrogens is 321 g/mol. The number of alkyl halides is 4. The molecule has 0 N–H and O–H groups in total. The standard InChI is InChI=1S/C14H10ClF3N2S/c15-6-13-19-11-5-10(14(16,17)18)1-2-12(11)20(13)7-9-3-4-21-8-9/h1-5,8H,6-7H2. The minimum Gasteiger partial charge on any atom is -0.322 e. The van der Waals surface area contributed by atoms with Gasteiger partial charge in [-0.05, 0) is 40.6 Å². The maximum atomic E-state index is 12.8. The Bertz CT molecular complexity index is 762. The molecule has 3 rings (SSSR count). The number of halogens is 4. The van der Waals surface area contributed by atoms with E-state index in [-0.39, 0.29) is 5.88 Å². The summed E-state index contributed by atoms with van der Waals surface area (Å²) in [7, 11) is 0. The molecule has 2 heterocycles. The fraction of sp³-hybridized carbons (Fsp3) is 0.214. The van der Waals surface area contributed by atoms with Gasteiger partial charge in [-0.1, -0.05) is 0 Å². The summed E-state index contributed by atoms with van der Waals surface area (Å²) >= 11 is 7.44. The van der Waals surface area contributed by atoms with Crippen molar-refractivity contribution in [2.75, 3.05) is 0 Å². The van der Waals surface area contributed by atoms with Gasteiger partial charge in [0.2, 0.25) is 0 Å². The predicted molar refractivity (Wildman–Crippen MR) is 77.7 cm³/mol. The number of benzene rings is 1. The van der Waals surface area contributed by atoms with E-state index in [4.69, 9.17) is 11.6 Å². The minimum atomic E-state index is -4.37. The van der Waals surface area contributed by atoms with E-state index >= 15 is 0 Å². The van der Waals surface area contributed by atoms with Crippen LogP contribution < -0.4 is 0 Å². The quantitative estimate of drug-likeness (QED) is 0.624. The topological polar surface area (TPSA) is 17.8 Å². The second-order valence-electron chi connectivity index (χ2n) is 4.58. The third-order valence-electron chi connectivity index (χ3n) is 3.19. The van der Waals surface area contributed by atoms with Gasteiger partial charge < -0.3 is 4.57 Å². The molecule has 7 heteroatoms. The highest BCUT2D eigenvalue weighted by Crippen LogP contribution is 2.32. The van der Waals surface area contributed by atoms with Gasteiger partial charge in [0, 0.05) is 0 Å². The summed E-state index contributed by atoms with van der Waals surface area (Å²) in [4.78, 5) is 4.22. The predicted octanol–water partition coefficient (Wildman–Crippen LogP) is 4.90. The minimum absolute atomic E-state index is 0.153. The SMILES string of the molecule is FC(F)(F)c1ccc2c(c1)nc(CCl)n2Cc1ccsc1. The number of thiophene rings is 1. The van der Waals surface area contributed by atoms with Gasteiger partial charge in [-0.25, -0.2) is 4.98 Å². The molecule has 0 aliphatic heterocycles. The first-order valence-corrected chi connectivity index (χ1v) is 7.60. The highest BCUT2D eigenvalue weighted by atomic mass is 35.5. The molecule has 0 spiro atoms. The Morgan fingerprint density at radius 2 is 2.05 bits per heavy atom. The molecule has 0 saturated heterocycles. The summed E-state index contributed by atoms with van der Waals surface area (Å²) in [6.45, 7) is 0.549. The van der Waals surface area contributed by atoms with Crippen molar-refractivity contribution in [1.82, 2.24) is 9.55 Å². The lowest BCUT2D eigenvalue weighted by Crippen LogP contribution is -2.05. The number of nitrogens with zero attached hydrogens (tertiary/aromatic N) is 2. The van der Waals surface area contributed by atoms with Crippen molar-refractivity contribution in [1.29, 1.82) is 0 Å². The molecule has 3 aromatic rings. The average molecular weight is 331 g/mol. The van der Waals surface area contributed by atoms with Crippen LogP contribution in [0.1, 0.15) is 17.0 Å². The first-order chi connectivity index (χ1) is 9.99. The maximum absolute atomic E-state index is 12.8. The number of aromatic nitrogens is 2. The van der Waals surface area contributed by atoms with Gasteiger partial charge in [0.1, 0.15) is 5.82 Å². The Morgan fingerprint density at radius 1 is 1.24 bits per heavy atom. The fourth-order valence-electron chi connectivity index (χ4n) is 2.20. The van der Waals surface area contributed by atoms with Gasteiger partial charge in [-0.15, -0.1) is 11.6 Å². The first kappa shape index (κ1) is 14.4. The van der Waals surface area contributed by atoms with Gasteiger partial charge in [-0.3, -0.25) is 0 Å². The van der Waals surface area contributed by atoms with Crippen LogP contribution in [0.15, 0.2) is 35.0 Å². The van der Waals surface area contributed by atoms with Crippen molar-refractivity contribution in [3.63, 3.8) is 0 Å². The van der Waals surface area contributed by atoms with Crippen molar-refractivity contribution in [2.24, 2.45) is 0 Å². The van der Waals surface area contributed by atoms with Crippen LogP contribution in [-0.2, 0) is 18.6 Å². The number of imidazole rings is 1. The fourth-order valence-corrected chi connectivity index (χ4v) is 3.06. The average Bonchev–Trinajstić information content (AvgIpc) is 3.05. The Balaban J connectivity index is 2.10. The lowest BCUT2D eigenvalue weighted by Gasteiger charge is -2.08. The van der Waals surface area contributed by atoms with Crippen molar-refractivity contribution in [2.45, 2.75) is 18.6 Å². The molecule has 0 saturated carbocycles. The summed E-state index contributed by atoms with van der Waals surface area (Å²) in [5, 5.41) is 3.95. The second kappa shape index (κ2) is 5.35. The number of fused-ring (bicyclic) bond motifs is 1. The Morgan fingerprint density at radius 3 is 2.67 bits per heavy atom. The normalized spacial score (nSPS) is 12.2. The second-order valence-corrected chi connectivity index (χ2v) is 5.63. The molecule has 0 radical (unpaired) electrons. The molecule has 0 amide bonds. The Hall–Kier alpha value is -1.53. The van der Waals surface area contributed by atoms with E-state index in [1.807, 2.05) is 21.4 Å². The van der Waals surface area contributed by atoms with Gasteiger partial charge in [0.05, 0.1) is 29.0 Å². The van der Waals surface area contributed by atoms with Gasteiger partial charge in [0.25, 0.3) is 0 Å². The van der Waals surface area contributed by atoms with Crippen molar-refractivity contribution in [3.05, 3.63) is 52.0 Å². The molecule has 2 nitrogen and oxygen atoms in total. The van der Waals surface area contributed by atoms with Crippen molar-refractivity contribution < 1.29 is 13.2 Å². The third-order valence-corrected chi connectivity index (χ3v) is 4.17. The van der Waals surface area contributed by atoms with Crippen LogP contribution in [0.25, 0.3) is 11.0 Å². The molecule has 1 aromatic carbocycles. The van der Waals surface area contributed by atoms with Crippen LogP contribution in [-0.4, -0.2) is 9.55 Å². The van der Waals surface area contributed by atoms with E-state index in [9.17, 15) is 13.2 Å². The van der Waals surface area contributed by atoms with Crippen molar-refractivity contribution in [3.8, 4) is 0 Å². The molecule has 0 aliphatic rings. The summed E-state index contributed by atoms with van der Waals surface area (Å²) in [6, 6.07) is 5.56. The first-order valence-electron chi connectivity index (χ1n) is 6.12. The van der Waals surface area contributed by atoms with Crippen LogP contribution in [0.5, 0.6) is 0 Å². The zero-order valence-electron chi connectivity index (χ0n) is 10.7. The highest BCUT2D eigenvalue weighted by molar-refractivity contribution is 7.07. The summed E-state index contributed by atoms with van der Waals surface area (Å²) in [5.74, 6) is 0.720. The van der Waals surface area contributed by atoms with Crippen LogP contribution in [0.3, 0.4) is 0 Å². The van der Waals surface area contributed by atoms with Crippen LogP contribution in [0, 0.1) is 0 Å². The molecule has 0 bridgehead atoms. The molecule has 2 aromatic heterocycles. The monoisotopic (exact) mass is 330 g/mol. The smallest absolute Gasteiger partial charge is 0.322 e. The van der Waals surface area contributed by atoms with Gasteiger partial charge in [0.15, 0.2) is 0 Å². The third kappa shape index (κ3) is 2.78. The molecule has 0 atom stereocenters. The highest BCUT2D eigenvalue weighted by Gasteiger charge is 2.31. The van der Waals surface area contributed by atoms with Gasteiger partial charge >= 0.3 is 6.18 Å². The summed E-state index contributed by atoms with van der Waals surface area (Å²) < 4.78 is 40.1.